The van der Waals surface area contributed by atoms with Crippen LogP contribution in [0.15, 0.2) is 206 Å². The lowest BCUT2D eigenvalue weighted by Crippen LogP contribution is -1.93. The smallest absolute Gasteiger partial charge is 0.156 e. The molecule has 3 heterocycles. The molecule has 278 valence electrons. The first-order valence-electron chi connectivity index (χ1n) is 20.5. The fraction of sp³-hybridized carbons (Fsp3) is 0. The molecule has 0 saturated heterocycles. The molecule has 10 aromatic carbocycles. The Bertz CT molecular complexity index is 3840. The maximum atomic E-state index is 5.45. The van der Waals surface area contributed by atoms with Gasteiger partial charge in [0.1, 0.15) is 0 Å². The van der Waals surface area contributed by atoms with E-state index in [9.17, 15) is 0 Å². The number of nitrogens with zero attached hydrogens (tertiary/aromatic N) is 2. The second-order valence-corrected chi connectivity index (χ2v) is 17.0. The zero-order chi connectivity index (χ0) is 39.3. The van der Waals surface area contributed by atoms with Gasteiger partial charge in [-0.3, -0.25) is 4.40 Å². The third-order valence-corrected chi connectivity index (χ3v) is 13.7. The number of benzene rings is 10. The molecule has 0 bridgehead atoms. The number of hydrogen-bond donors (Lipinski definition) is 0. The summed E-state index contributed by atoms with van der Waals surface area (Å²) in [7, 11) is 0. The number of fused-ring (bicyclic) bond motifs is 11. The zero-order valence-electron chi connectivity index (χ0n) is 32.4. The molecular weight excluding hydrogens is 745 g/mol. The molecule has 3 aromatic heterocycles. The molecule has 0 unspecified atom stereocenters. The van der Waals surface area contributed by atoms with Crippen molar-refractivity contribution in [2.75, 3.05) is 0 Å². The van der Waals surface area contributed by atoms with E-state index in [1.54, 1.807) is 0 Å². The van der Waals surface area contributed by atoms with E-state index in [1.165, 1.54) is 96.6 Å². The van der Waals surface area contributed by atoms with Gasteiger partial charge in [0.25, 0.3) is 0 Å². The Hall–Kier alpha value is -7.59. The molecule has 0 spiro atoms. The minimum atomic E-state index is 1.00. The Balaban J connectivity index is 0.982. The Morgan fingerprint density at radius 1 is 0.350 bits per heavy atom. The summed E-state index contributed by atoms with van der Waals surface area (Å²) in [6, 6.07) is 75.8. The normalized spacial score (nSPS) is 12.0. The Kier molecular flexibility index (Phi) is 7.21. The summed E-state index contributed by atoms with van der Waals surface area (Å²) in [5, 5.41) is 12.4. The summed E-state index contributed by atoms with van der Waals surface area (Å²) in [6.07, 6.45) is 0. The molecule has 13 rings (SSSR count). The second-order valence-electron chi connectivity index (χ2n) is 16.0. The first-order valence-corrected chi connectivity index (χ1v) is 21.3. The predicted molar refractivity (Wildman–Crippen MR) is 257 cm³/mol. The average Bonchev–Trinajstić information content (AvgIpc) is 3.86. The van der Waals surface area contributed by atoms with Gasteiger partial charge < -0.3 is 0 Å². The summed E-state index contributed by atoms with van der Waals surface area (Å²) >= 11 is 1.85. The Morgan fingerprint density at radius 2 is 0.867 bits per heavy atom. The number of aromatic nitrogens is 2. The number of rotatable bonds is 4. The van der Waals surface area contributed by atoms with Gasteiger partial charge in [-0.1, -0.05) is 164 Å². The summed E-state index contributed by atoms with van der Waals surface area (Å²) in [6.45, 7) is 0. The van der Waals surface area contributed by atoms with E-state index in [-0.39, 0.29) is 0 Å². The molecule has 2 nitrogen and oxygen atoms in total. The highest BCUT2D eigenvalue weighted by molar-refractivity contribution is 7.26. The minimum Gasteiger partial charge on any atom is -0.291 e. The molecule has 0 amide bonds. The van der Waals surface area contributed by atoms with Crippen molar-refractivity contribution in [1.82, 2.24) is 9.38 Å². The van der Waals surface area contributed by atoms with Crippen LogP contribution in [0.25, 0.3) is 125 Å². The highest BCUT2D eigenvalue weighted by atomic mass is 32.1. The number of thiophene rings is 1. The predicted octanol–water partition coefficient (Wildman–Crippen LogP) is 16.1. The van der Waals surface area contributed by atoms with Gasteiger partial charge in [0.2, 0.25) is 0 Å². The molecule has 0 fully saturated rings. The summed E-state index contributed by atoms with van der Waals surface area (Å²) in [5.41, 5.74) is 12.8. The first kappa shape index (κ1) is 33.4. The van der Waals surface area contributed by atoms with Crippen LogP contribution >= 0.6 is 11.3 Å². The van der Waals surface area contributed by atoms with E-state index < -0.39 is 0 Å². The van der Waals surface area contributed by atoms with Crippen molar-refractivity contribution in [3.8, 4) is 44.6 Å². The maximum Gasteiger partial charge on any atom is 0.156 e. The fourth-order valence-electron chi connectivity index (χ4n) is 9.53. The zero-order valence-corrected chi connectivity index (χ0v) is 33.2. The SMILES string of the molecule is c1ccc(-c2ccc(-c3ccc(-c4ccc(-c5cc6c7cc8ccccc8cc7sc6c6nc7cc8cc9ccccc9cc8cc7n56)cc4)c4ccccc34)cc2)cc1. The van der Waals surface area contributed by atoms with Crippen molar-refractivity contribution < 1.29 is 0 Å². The quantitative estimate of drug-likeness (QED) is 0.163. The fourth-order valence-corrected chi connectivity index (χ4v) is 10.7. The number of pyridine rings is 1. The van der Waals surface area contributed by atoms with Gasteiger partial charge in [0.15, 0.2) is 5.65 Å². The van der Waals surface area contributed by atoms with Crippen LogP contribution in [0, 0.1) is 0 Å². The molecule has 0 atom stereocenters. The summed E-state index contributed by atoms with van der Waals surface area (Å²) in [4.78, 5) is 5.45. The van der Waals surface area contributed by atoms with Crippen LogP contribution in [0.3, 0.4) is 0 Å². The lowest BCUT2D eigenvalue weighted by molar-refractivity contribution is 1.25. The van der Waals surface area contributed by atoms with E-state index >= 15 is 0 Å². The highest BCUT2D eigenvalue weighted by Gasteiger charge is 2.19. The van der Waals surface area contributed by atoms with Gasteiger partial charge >= 0.3 is 0 Å². The van der Waals surface area contributed by atoms with Gasteiger partial charge in [0, 0.05) is 15.5 Å². The van der Waals surface area contributed by atoms with Crippen molar-refractivity contribution in [3.05, 3.63) is 206 Å². The van der Waals surface area contributed by atoms with E-state index in [4.69, 9.17) is 4.98 Å². The molecule has 0 aliphatic heterocycles. The van der Waals surface area contributed by atoms with Crippen molar-refractivity contribution in [2.45, 2.75) is 0 Å². The monoisotopic (exact) mass is 778 g/mol. The van der Waals surface area contributed by atoms with Crippen LogP contribution in [0.4, 0.5) is 0 Å². The standard InChI is InChI=1S/C57H34N2S/c1-2-10-35(11-3-1)36-18-20-37(21-19-36)46-26-27-47(49-17-9-8-16-48(46)49)38-22-24-39(25-23-38)53-34-51-50-30-42-14-6-7-15-43(42)33-55(50)60-56(51)57-58-52-31-44-28-40-12-4-5-13-41(40)29-45(44)32-54(52)59(53)57/h1-34H. The molecule has 0 radical (unpaired) electrons. The average molecular weight is 779 g/mol. The molecular formula is C57H34N2S. The van der Waals surface area contributed by atoms with Crippen LogP contribution in [0.2, 0.25) is 0 Å². The number of hydrogen-bond acceptors (Lipinski definition) is 2. The van der Waals surface area contributed by atoms with E-state index in [1.807, 2.05) is 11.3 Å². The molecule has 0 aliphatic carbocycles. The molecule has 0 aliphatic rings. The van der Waals surface area contributed by atoms with Crippen molar-refractivity contribution in [2.24, 2.45) is 0 Å². The largest absolute Gasteiger partial charge is 0.291 e. The molecule has 0 saturated carbocycles. The maximum absolute atomic E-state index is 5.45. The second kappa shape index (κ2) is 13.0. The van der Waals surface area contributed by atoms with E-state index in [0.29, 0.717) is 0 Å². The number of imidazole rings is 1. The topological polar surface area (TPSA) is 17.3 Å². The third-order valence-electron chi connectivity index (χ3n) is 12.5. The molecule has 60 heavy (non-hydrogen) atoms. The van der Waals surface area contributed by atoms with Crippen LogP contribution < -0.4 is 0 Å². The van der Waals surface area contributed by atoms with Gasteiger partial charge in [0.05, 0.1) is 21.4 Å². The van der Waals surface area contributed by atoms with E-state index in [0.717, 1.165) is 27.9 Å². The molecule has 13 aromatic rings. The van der Waals surface area contributed by atoms with Gasteiger partial charge in [-0.15, -0.1) is 11.3 Å². The Morgan fingerprint density at radius 3 is 1.52 bits per heavy atom. The Labute approximate surface area is 349 Å². The first-order chi connectivity index (χ1) is 29.7. The summed E-state index contributed by atoms with van der Waals surface area (Å²) in [5.74, 6) is 0. The van der Waals surface area contributed by atoms with Crippen LogP contribution in [0.1, 0.15) is 0 Å². The van der Waals surface area contributed by atoms with Crippen molar-refractivity contribution in [3.63, 3.8) is 0 Å². The van der Waals surface area contributed by atoms with Gasteiger partial charge in [-0.25, -0.2) is 4.98 Å². The van der Waals surface area contributed by atoms with E-state index in [2.05, 4.69) is 211 Å². The highest BCUT2D eigenvalue weighted by Crippen LogP contribution is 2.43. The van der Waals surface area contributed by atoms with Crippen molar-refractivity contribution >= 4 is 91.3 Å². The van der Waals surface area contributed by atoms with Gasteiger partial charge in [-0.2, -0.15) is 0 Å². The van der Waals surface area contributed by atoms with Crippen molar-refractivity contribution in [1.29, 1.82) is 0 Å². The lowest BCUT2D eigenvalue weighted by Gasteiger charge is -2.14. The summed E-state index contributed by atoms with van der Waals surface area (Å²) < 4.78 is 4.90. The molecule has 3 heteroatoms. The van der Waals surface area contributed by atoms with Crippen LogP contribution in [0.5, 0.6) is 0 Å². The minimum absolute atomic E-state index is 1.00. The molecule has 0 N–H and O–H groups in total. The van der Waals surface area contributed by atoms with Gasteiger partial charge in [-0.05, 0) is 124 Å². The third kappa shape index (κ3) is 5.16. The van der Waals surface area contributed by atoms with Crippen LogP contribution in [-0.4, -0.2) is 9.38 Å². The van der Waals surface area contributed by atoms with Crippen LogP contribution in [-0.2, 0) is 0 Å². The lowest BCUT2D eigenvalue weighted by atomic mass is 9.91.